The third-order valence-corrected chi connectivity index (χ3v) is 4.75. The van der Waals surface area contributed by atoms with Gasteiger partial charge in [-0.1, -0.05) is 26.0 Å². The number of hydrogen-bond donors (Lipinski definition) is 2. The lowest BCUT2D eigenvalue weighted by Crippen LogP contribution is -2.52. The molecule has 6 nitrogen and oxygen atoms in total. The molecule has 0 aromatic heterocycles. The maximum atomic E-state index is 12.3. The lowest BCUT2D eigenvalue weighted by Gasteiger charge is -2.37. The summed E-state index contributed by atoms with van der Waals surface area (Å²) in [5, 5.41) is 6.55. The zero-order chi connectivity index (χ0) is 21.3. The summed E-state index contributed by atoms with van der Waals surface area (Å²) in [7, 11) is 1.69. The minimum absolute atomic E-state index is 0.191. The second-order valence-corrected chi connectivity index (χ2v) is 7.32. The molecule has 0 bridgehead atoms. The van der Waals surface area contributed by atoms with E-state index in [0.717, 1.165) is 38.4 Å². The molecule has 1 aromatic carbocycles. The van der Waals surface area contributed by atoms with Crippen molar-refractivity contribution in [2.45, 2.75) is 32.6 Å². The van der Waals surface area contributed by atoms with Gasteiger partial charge in [-0.15, -0.1) is 0 Å². The molecule has 0 aliphatic carbocycles. The Balaban J connectivity index is 1.85. The van der Waals surface area contributed by atoms with Crippen molar-refractivity contribution in [3.63, 3.8) is 0 Å². The van der Waals surface area contributed by atoms with Crippen LogP contribution < -0.4 is 15.4 Å². The SMILES string of the molecule is CN=C(NCc1cccc(OCC(F)(F)F)c1)NCC(C(C)C)N1CCOCC1. The molecule has 164 valence electrons. The van der Waals surface area contributed by atoms with E-state index in [0.29, 0.717) is 24.5 Å². The Morgan fingerprint density at radius 3 is 2.59 bits per heavy atom. The van der Waals surface area contributed by atoms with E-state index in [2.05, 4.69) is 34.4 Å². The highest BCUT2D eigenvalue weighted by Gasteiger charge is 2.28. The number of hydrogen-bond acceptors (Lipinski definition) is 4. The number of halogens is 3. The normalized spacial score (nSPS) is 17.3. The van der Waals surface area contributed by atoms with Gasteiger partial charge >= 0.3 is 6.18 Å². The van der Waals surface area contributed by atoms with Crippen LogP contribution >= 0.6 is 0 Å². The first-order chi connectivity index (χ1) is 13.8. The van der Waals surface area contributed by atoms with Crippen LogP contribution in [0.2, 0.25) is 0 Å². The van der Waals surface area contributed by atoms with Gasteiger partial charge in [-0.25, -0.2) is 0 Å². The van der Waals surface area contributed by atoms with E-state index in [1.165, 1.54) is 6.07 Å². The maximum absolute atomic E-state index is 12.3. The number of nitrogens with zero attached hydrogens (tertiary/aromatic N) is 2. The number of guanidine groups is 1. The quantitative estimate of drug-likeness (QED) is 0.504. The van der Waals surface area contributed by atoms with Crippen molar-refractivity contribution in [2.24, 2.45) is 10.9 Å². The number of aliphatic imine (C=N–C) groups is 1. The monoisotopic (exact) mass is 416 g/mol. The fourth-order valence-corrected chi connectivity index (χ4v) is 3.21. The average Bonchev–Trinajstić information content (AvgIpc) is 2.69. The molecule has 1 atom stereocenters. The Hall–Kier alpha value is -2.00. The van der Waals surface area contributed by atoms with Crippen molar-refractivity contribution in [1.82, 2.24) is 15.5 Å². The number of alkyl halides is 3. The maximum Gasteiger partial charge on any atom is 0.422 e. The molecule has 0 spiro atoms. The highest BCUT2D eigenvalue weighted by molar-refractivity contribution is 5.79. The van der Waals surface area contributed by atoms with Crippen molar-refractivity contribution < 1.29 is 22.6 Å². The van der Waals surface area contributed by atoms with E-state index in [1.54, 1.807) is 19.2 Å². The number of benzene rings is 1. The van der Waals surface area contributed by atoms with Crippen LogP contribution in [0, 0.1) is 5.92 Å². The van der Waals surface area contributed by atoms with Crippen LogP contribution in [0.15, 0.2) is 29.3 Å². The summed E-state index contributed by atoms with van der Waals surface area (Å²) in [5.74, 6) is 1.31. The van der Waals surface area contributed by atoms with Crippen molar-refractivity contribution in [2.75, 3.05) is 46.5 Å². The van der Waals surface area contributed by atoms with E-state index in [1.807, 2.05) is 6.07 Å². The number of nitrogens with one attached hydrogen (secondary N) is 2. The smallest absolute Gasteiger partial charge is 0.422 e. The van der Waals surface area contributed by atoms with Crippen molar-refractivity contribution >= 4 is 5.96 Å². The summed E-state index contributed by atoms with van der Waals surface area (Å²) >= 11 is 0. The van der Waals surface area contributed by atoms with Gasteiger partial charge in [0.15, 0.2) is 12.6 Å². The molecule has 29 heavy (non-hydrogen) atoms. The fraction of sp³-hybridized carbons (Fsp3) is 0.650. The van der Waals surface area contributed by atoms with E-state index < -0.39 is 12.8 Å². The molecular formula is C20H31F3N4O2. The molecule has 1 heterocycles. The lowest BCUT2D eigenvalue weighted by atomic mass is 10.0. The summed E-state index contributed by atoms with van der Waals surface area (Å²) < 4.78 is 47.2. The molecule has 2 N–H and O–H groups in total. The van der Waals surface area contributed by atoms with Crippen molar-refractivity contribution in [3.8, 4) is 5.75 Å². The highest BCUT2D eigenvalue weighted by Crippen LogP contribution is 2.19. The number of ether oxygens (including phenoxy) is 2. The molecule has 1 aliphatic rings. The summed E-state index contributed by atoms with van der Waals surface area (Å²) in [4.78, 5) is 6.67. The van der Waals surface area contributed by atoms with Gasteiger partial charge in [0.25, 0.3) is 0 Å². The Kier molecular flexibility index (Phi) is 9.03. The molecule has 0 saturated carbocycles. The summed E-state index contributed by atoms with van der Waals surface area (Å²) in [6.45, 7) is 7.60. The van der Waals surface area contributed by atoms with Crippen LogP contribution in [0.4, 0.5) is 13.2 Å². The largest absolute Gasteiger partial charge is 0.484 e. The van der Waals surface area contributed by atoms with Crippen LogP contribution in [-0.2, 0) is 11.3 Å². The summed E-state index contributed by atoms with van der Waals surface area (Å²) in [6, 6.07) is 6.96. The Morgan fingerprint density at radius 2 is 1.97 bits per heavy atom. The van der Waals surface area contributed by atoms with Crippen molar-refractivity contribution in [1.29, 1.82) is 0 Å². The van der Waals surface area contributed by atoms with Crippen LogP contribution in [0.5, 0.6) is 5.75 Å². The van der Waals surface area contributed by atoms with Gasteiger partial charge in [0.1, 0.15) is 5.75 Å². The second kappa shape index (κ2) is 11.3. The zero-order valence-electron chi connectivity index (χ0n) is 17.3. The predicted octanol–water partition coefficient (Wildman–Crippen LogP) is 2.65. The standard InChI is InChI=1S/C20H31F3N4O2/c1-15(2)18(27-7-9-28-10-8-27)13-26-19(24-3)25-12-16-5-4-6-17(11-16)29-14-20(21,22)23/h4-6,11,15,18H,7-10,12-14H2,1-3H3,(H2,24,25,26). The lowest BCUT2D eigenvalue weighted by molar-refractivity contribution is -0.153. The fourth-order valence-electron chi connectivity index (χ4n) is 3.21. The second-order valence-electron chi connectivity index (χ2n) is 7.32. The molecule has 0 radical (unpaired) electrons. The topological polar surface area (TPSA) is 58.1 Å². The van der Waals surface area contributed by atoms with E-state index >= 15 is 0 Å². The van der Waals surface area contributed by atoms with Gasteiger partial charge in [0.05, 0.1) is 13.2 Å². The molecular weight excluding hydrogens is 385 g/mol. The first kappa shape index (κ1) is 23.3. The number of rotatable bonds is 8. The minimum atomic E-state index is -4.35. The van der Waals surface area contributed by atoms with Crippen LogP contribution in [0.25, 0.3) is 0 Å². The third-order valence-electron chi connectivity index (χ3n) is 4.75. The molecule has 1 aromatic rings. The van der Waals surface area contributed by atoms with Crippen molar-refractivity contribution in [3.05, 3.63) is 29.8 Å². The van der Waals surface area contributed by atoms with Gasteiger partial charge in [-0.3, -0.25) is 9.89 Å². The Bertz CT molecular complexity index is 647. The molecule has 1 fully saturated rings. The summed E-state index contributed by atoms with van der Waals surface area (Å²) in [6.07, 6.45) is -4.35. The van der Waals surface area contributed by atoms with Gasteiger partial charge in [0, 0.05) is 39.3 Å². The Labute approximate surface area is 170 Å². The molecule has 1 aliphatic heterocycles. The van der Waals surface area contributed by atoms with E-state index in [4.69, 9.17) is 9.47 Å². The van der Waals surface area contributed by atoms with Gasteiger partial charge in [-0.05, 0) is 23.6 Å². The highest BCUT2D eigenvalue weighted by atomic mass is 19.4. The Morgan fingerprint density at radius 1 is 1.24 bits per heavy atom. The van der Waals surface area contributed by atoms with Gasteiger partial charge in [0.2, 0.25) is 0 Å². The van der Waals surface area contributed by atoms with Crippen LogP contribution in [0.3, 0.4) is 0 Å². The van der Waals surface area contributed by atoms with Gasteiger partial charge in [-0.2, -0.15) is 13.2 Å². The van der Waals surface area contributed by atoms with Crippen LogP contribution in [-0.4, -0.2) is 69.6 Å². The molecule has 2 rings (SSSR count). The van der Waals surface area contributed by atoms with Crippen LogP contribution in [0.1, 0.15) is 19.4 Å². The van der Waals surface area contributed by atoms with E-state index in [-0.39, 0.29) is 5.75 Å². The molecule has 0 amide bonds. The first-order valence-electron chi connectivity index (χ1n) is 9.83. The van der Waals surface area contributed by atoms with E-state index in [9.17, 15) is 13.2 Å². The molecule has 1 unspecified atom stereocenters. The third kappa shape index (κ3) is 8.49. The first-order valence-corrected chi connectivity index (χ1v) is 9.83. The molecule has 9 heteroatoms. The average molecular weight is 416 g/mol. The molecule has 1 saturated heterocycles. The zero-order valence-corrected chi connectivity index (χ0v) is 17.3. The predicted molar refractivity (Wildman–Crippen MR) is 107 cm³/mol. The summed E-state index contributed by atoms with van der Waals surface area (Å²) in [5.41, 5.74) is 0.807. The number of morpholine rings is 1. The van der Waals surface area contributed by atoms with Gasteiger partial charge < -0.3 is 20.1 Å². The minimum Gasteiger partial charge on any atom is -0.484 e.